The molecule has 14 heavy (non-hydrogen) atoms. The standard InChI is InChI=1S/C10H11ClN2O/c11-8-4-3-6-12-10(8)13-7-2-1-5-9(13)14/h3-4,6H,1-2,5,7H2. The molecule has 0 aromatic carbocycles. The first-order valence-electron chi connectivity index (χ1n) is 4.70. The average molecular weight is 211 g/mol. The smallest absolute Gasteiger partial charge is 0.228 e. The largest absolute Gasteiger partial charge is 0.296 e. The summed E-state index contributed by atoms with van der Waals surface area (Å²) < 4.78 is 0. The molecule has 1 saturated heterocycles. The van der Waals surface area contributed by atoms with Crippen molar-refractivity contribution in [2.45, 2.75) is 19.3 Å². The highest BCUT2D eigenvalue weighted by atomic mass is 35.5. The van der Waals surface area contributed by atoms with E-state index in [0.717, 1.165) is 19.4 Å². The molecular weight excluding hydrogens is 200 g/mol. The van der Waals surface area contributed by atoms with Crippen LogP contribution >= 0.6 is 11.6 Å². The molecule has 1 amide bonds. The van der Waals surface area contributed by atoms with Gasteiger partial charge in [-0.25, -0.2) is 4.98 Å². The summed E-state index contributed by atoms with van der Waals surface area (Å²) in [5, 5.41) is 0.544. The predicted molar refractivity (Wildman–Crippen MR) is 55.5 cm³/mol. The highest BCUT2D eigenvalue weighted by Gasteiger charge is 2.22. The van der Waals surface area contributed by atoms with Crippen LogP contribution in [0.3, 0.4) is 0 Å². The molecule has 0 aliphatic carbocycles. The maximum atomic E-state index is 11.6. The van der Waals surface area contributed by atoms with Crippen LogP contribution in [0.15, 0.2) is 18.3 Å². The van der Waals surface area contributed by atoms with E-state index in [4.69, 9.17) is 11.6 Å². The summed E-state index contributed by atoms with van der Waals surface area (Å²) in [5.74, 6) is 0.718. The maximum Gasteiger partial charge on any atom is 0.228 e. The van der Waals surface area contributed by atoms with Gasteiger partial charge in [-0.05, 0) is 25.0 Å². The fourth-order valence-electron chi connectivity index (χ4n) is 1.61. The molecule has 0 bridgehead atoms. The van der Waals surface area contributed by atoms with Gasteiger partial charge in [0.2, 0.25) is 5.91 Å². The van der Waals surface area contributed by atoms with Crippen molar-refractivity contribution in [2.24, 2.45) is 0 Å². The Hall–Kier alpha value is -1.09. The first-order valence-corrected chi connectivity index (χ1v) is 5.08. The van der Waals surface area contributed by atoms with Crippen LogP contribution in [-0.2, 0) is 4.79 Å². The quantitative estimate of drug-likeness (QED) is 0.713. The third kappa shape index (κ3) is 1.73. The van der Waals surface area contributed by atoms with E-state index in [0.29, 0.717) is 17.3 Å². The van der Waals surface area contributed by atoms with E-state index >= 15 is 0 Å². The lowest BCUT2D eigenvalue weighted by molar-refractivity contribution is -0.119. The molecule has 1 aromatic rings. The van der Waals surface area contributed by atoms with Crippen molar-refractivity contribution in [3.63, 3.8) is 0 Å². The molecule has 3 nitrogen and oxygen atoms in total. The number of amides is 1. The summed E-state index contributed by atoms with van der Waals surface area (Å²) >= 11 is 5.97. The molecule has 0 unspecified atom stereocenters. The Morgan fingerprint density at radius 1 is 1.43 bits per heavy atom. The van der Waals surface area contributed by atoms with E-state index in [1.807, 2.05) is 0 Å². The van der Waals surface area contributed by atoms with Gasteiger partial charge in [0.1, 0.15) is 0 Å². The van der Waals surface area contributed by atoms with Gasteiger partial charge >= 0.3 is 0 Å². The second-order valence-corrected chi connectivity index (χ2v) is 3.72. The first-order chi connectivity index (χ1) is 6.79. The Labute approximate surface area is 87.7 Å². The Balaban J connectivity index is 2.29. The van der Waals surface area contributed by atoms with E-state index < -0.39 is 0 Å². The van der Waals surface area contributed by atoms with Gasteiger partial charge in [-0.2, -0.15) is 0 Å². The van der Waals surface area contributed by atoms with Crippen LogP contribution in [0.4, 0.5) is 5.82 Å². The zero-order valence-electron chi connectivity index (χ0n) is 7.74. The second kappa shape index (κ2) is 3.96. The Morgan fingerprint density at radius 2 is 2.29 bits per heavy atom. The minimum Gasteiger partial charge on any atom is -0.296 e. The monoisotopic (exact) mass is 210 g/mol. The third-order valence-electron chi connectivity index (χ3n) is 2.32. The van der Waals surface area contributed by atoms with Gasteiger partial charge in [-0.15, -0.1) is 0 Å². The number of hydrogen-bond donors (Lipinski definition) is 0. The van der Waals surface area contributed by atoms with Gasteiger partial charge in [0.15, 0.2) is 5.82 Å². The van der Waals surface area contributed by atoms with Crippen molar-refractivity contribution in [3.8, 4) is 0 Å². The molecule has 0 radical (unpaired) electrons. The van der Waals surface area contributed by atoms with E-state index in [1.165, 1.54) is 0 Å². The summed E-state index contributed by atoms with van der Waals surface area (Å²) in [5.41, 5.74) is 0. The lowest BCUT2D eigenvalue weighted by Gasteiger charge is -2.26. The topological polar surface area (TPSA) is 33.2 Å². The molecular formula is C10H11ClN2O. The minimum absolute atomic E-state index is 0.122. The van der Waals surface area contributed by atoms with Gasteiger partial charge in [0.05, 0.1) is 5.02 Å². The zero-order valence-corrected chi connectivity index (χ0v) is 8.50. The number of hydrogen-bond acceptors (Lipinski definition) is 2. The van der Waals surface area contributed by atoms with E-state index in [-0.39, 0.29) is 5.91 Å². The van der Waals surface area contributed by atoms with Crippen LogP contribution in [0.25, 0.3) is 0 Å². The van der Waals surface area contributed by atoms with Gasteiger partial charge in [0.25, 0.3) is 0 Å². The number of aromatic nitrogens is 1. The zero-order chi connectivity index (χ0) is 9.97. The lowest BCUT2D eigenvalue weighted by atomic mass is 10.1. The van der Waals surface area contributed by atoms with Crippen LogP contribution < -0.4 is 4.90 Å². The molecule has 4 heteroatoms. The maximum absolute atomic E-state index is 11.6. The minimum atomic E-state index is 0.122. The van der Waals surface area contributed by atoms with Crippen molar-refractivity contribution in [1.82, 2.24) is 4.98 Å². The average Bonchev–Trinajstić information content (AvgIpc) is 2.20. The molecule has 2 heterocycles. The molecule has 0 spiro atoms. The SMILES string of the molecule is O=C1CCCCN1c1ncccc1Cl. The molecule has 1 aromatic heterocycles. The highest BCUT2D eigenvalue weighted by molar-refractivity contribution is 6.33. The van der Waals surface area contributed by atoms with E-state index in [9.17, 15) is 4.79 Å². The Morgan fingerprint density at radius 3 is 3.00 bits per heavy atom. The summed E-state index contributed by atoms with van der Waals surface area (Å²) in [7, 11) is 0. The number of pyridine rings is 1. The van der Waals surface area contributed by atoms with Crippen LogP contribution in [0, 0.1) is 0 Å². The van der Waals surface area contributed by atoms with Crippen molar-refractivity contribution in [1.29, 1.82) is 0 Å². The first kappa shape index (κ1) is 9.46. The van der Waals surface area contributed by atoms with Crippen molar-refractivity contribution < 1.29 is 4.79 Å². The number of rotatable bonds is 1. The second-order valence-electron chi connectivity index (χ2n) is 3.31. The molecule has 1 aliphatic rings. The molecule has 74 valence electrons. The molecule has 0 saturated carbocycles. The number of piperidine rings is 1. The fraction of sp³-hybridized carbons (Fsp3) is 0.400. The predicted octanol–water partition coefficient (Wildman–Crippen LogP) is 2.25. The molecule has 2 rings (SSSR count). The number of anilines is 1. The highest BCUT2D eigenvalue weighted by Crippen LogP contribution is 2.25. The molecule has 0 atom stereocenters. The Kier molecular flexibility index (Phi) is 2.68. The summed E-state index contributed by atoms with van der Waals surface area (Å²) in [6.45, 7) is 0.732. The number of nitrogens with zero attached hydrogens (tertiary/aromatic N) is 2. The van der Waals surface area contributed by atoms with Gasteiger partial charge in [0, 0.05) is 19.2 Å². The molecule has 0 N–H and O–H groups in total. The normalized spacial score (nSPS) is 17.2. The van der Waals surface area contributed by atoms with Crippen LogP contribution in [0.5, 0.6) is 0 Å². The number of halogens is 1. The van der Waals surface area contributed by atoms with Gasteiger partial charge in [-0.1, -0.05) is 11.6 Å². The van der Waals surface area contributed by atoms with E-state index in [2.05, 4.69) is 4.98 Å². The number of carbonyl (C=O) groups is 1. The molecule has 1 aliphatic heterocycles. The van der Waals surface area contributed by atoms with Gasteiger partial charge < -0.3 is 0 Å². The Bertz CT molecular complexity index is 354. The van der Waals surface area contributed by atoms with Crippen molar-refractivity contribution in [3.05, 3.63) is 23.4 Å². The van der Waals surface area contributed by atoms with Crippen molar-refractivity contribution in [2.75, 3.05) is 11.4 Å². The fourth-order valence-corrected chi connectivity index (χ4v) is 1.83. The molecule has 1 fully saturated rings. The number of carbonyl (C=O) groups excluding carboxylic acids is 1. The summed E-state index contributed by atoms with van der Waals surface area (Å²) in [6.07, 6.45) is 4.26. The summed E-state index contributed by atoms with van der Waals surface area (Å²) in [4.78, 5) is 17.4. The summed E-state index contributed by atoms with van der Waals surface area (Å²) in [6, 6.07) is 3.52. The van der Waals surface area contributed by atoms with Crippen LogP contribution in [0.2, 0.25) is 5.02 Å². The van der Waals surface area contributed by atoms with Crippen LogP contribution in [-0.4, -0.2) is 17.4 Å². The van der Waals surface area contributed by atoms with E-state index in [1.54, 1.807) is 23.2 Å². The lowest BCUT2D eigenvalue weighted by Crippen LogP contribution is -2.35. The van der Waals surface area contributed by atoms with Crippen molar-refractivity contribution >= 4 is 23.3 Å². The van der Waals surface area contributed by atoms with Crippen LogP contribution in [0.1, 0.15) is 19.3 Å². The third-order valence-corrected chi connectivity index (χ3v) is 2.61. The van der Waals surface area contributed by atoms with Gasteiger partial charge in [-0.3, -0.25) is 9.69 Å².